The smallest absolute Gasteiger partial charge is 0.142 e. The van der Waals surface area contributed by atoms with Gasteiger partial charge in [0.1, 0.15) is 28.8 Å². The van der Waals surface area contributed by atoms with Crippen LogP contribution in [0.1, 0.15) is 49.0 Å². The second kappa shape index (κ2) is 5.19. The molecule has 0 aromatic carbocycles. The zero-order valence-corrected chi connectivity index (χ0v) is 12.8. The SMILES string of the molecule is Cc1ccc([C@H]2N[C@@H](c3ccc(C)o3)[C@H](C)C(=O)[C@@H]2C)o1. The van der Waals surface area contributed by atoms with Gasteiger partial charge in [-0.3, -0.25) is 10.1 Å². The van der Waals surface area contributed by atoms with E-state index in [1.54, 1.807) is 0 Å². The first kappa shape index (κ1) is 14.1. The zero-order chi connectivity index (χ0) is 15.1. The monoisotopic (exact) mass is 287 g/mol. The second-order valence-electron chi connectivity index (χ2n) is 6.00. The number of nitrogens with one attached hydrogen (secondary N) is 1. The summed E-state index contributed by atoms with van der Waals surface area (Å²) in [7, 11) is 0. The summed E-state index contributed by atoms with van der Waals surface area (Å²) in [4.78, 5) is 12.6. The van der Waals surface area contributed by atoms with Gasteiger partial charge >= 0.3 is 0 Å². The van der Waals surface area contributed by atoms with Crippen LogP contribution >= 0.6 is 0 Å². The van der Waals surface area contributed by atoms with E-state index in [4.69, 9.17) is 8.83 Å². The Bertz CT molecular complexity index is 600. The third-order valence-corrected chi connectivity index (χ3v) is 4.39. The van der Waals surface area contributed by atoms with Gasteiger partial charge < -0.3 is 8.83 Å². The number of aryl methyl sites for hydroxylation is 2. The van der Waals surface area contributed by atoms with Gasteiger partial charge in [-0.15, -0.1) is 0 Å². The lowest BCUT2D eigenvalue weighted by atomic mass is 9.79. The summed E-state index contributed by atoms with van der Waals surface area (Å²) in [5.74, 6) is 3.36. The van der Waals surface area contributed by atoms with Gasteiger partial charge in [0.15, 0.2) is 0 Å². The molecule has 0 aliphatic carbocycles. The largest absolute Gasteiger partial charge is 0.465 e. The summed E-state index contributed by atoms with van der Waals surface area (Å²) >= 11 is 0. The number of Topliss-reactive ketones (excluding diaryl/α,β-unsaturated/α-hetero) is 1. The maximum atomic E-state index is 12.6. The average molecular weight is 287 g/mol. The van der Waals surface area contributed by atoms with Crippen LogP contribution in [0.25, 0.3) is 0 Å². The van der Waals surface area contributed by atoms with Crippen LogP contribution in [0.15, 0.2) is 33.1 Å². The Morgan fingerprint density at radius 3 is 1.62 bits per heavy atom. The normalized spacial score (nSPS) is 29.8. The molecule has 0 bridgehead atoms. The number of furan rings is 2. The van der Waals surface area contributed by atoms with Crippen LogP contribution in [0.4, 0.5) is 0 Å². The lowest BCUT2D eigenvalue weighted by molar-refractivity contribution is -0.131. The molecule has 3 rings (SSSR count). The molecule has 4 heteroatoms. The molecule has 112 valence electrons. The van der Waals surface area contributed by atoms with Crippen LogP contribution in [0.2, 0.25) is 0 Å². The van der Waals surface area contributed by atoms with Crippen molar-refractivity contribution in [2.24, 2.45) is 11.8 Å². The molecule has 3 heterocycles. The lowest BCUT2D eigenvalue weighted by Crippen LogP contribution is -2.46. The molecular formula is C17H21NO3. The topological polar surface area (TPSA) is 55.4 Å². The van der Waals surface area contributed by atoms with E-state index in [0.717, 1.165) is 23.0 Å². The average Bonchev–Trinajstić information content (AvgIpc) is 3.05. The van der Waals surface area contributed by atoms with Gasteiger partial charge in [0.2, 0.25) is 0 Å². The molecule has 4 atom stereocenters. The summed E-state index contributed by atoms with van der Waals surface area (Å²) < 4.78 is 11.4. The fraction of sp³-hybridized carbons (Fsp3) is 0.471. The van der Waals surface area contributed by atoms with Crippen molar-refractivity contribution in [3.8, 4) is 0 Å². The predicted molar refractivity (Wildman–Crippen MR) is 78.8 cm³/mol. The first-order valence-electron chi connectivity index (χ1n) is 7.40. The van der Waals surface area contributed by atoms with E-state index in [-0.39, 0.29) is 29.7 Å². The Labute approximate surface area is 124 Å². The number of carbonyl (C=O) groups excluding carboxylic acids is 1. The highest BCUT2D eigenvalue weighted by Crippen LogP contribution is 2.38. The molecular weight excluding hydrogens is 266 g/mol. The quantitative estimate of drug-likeness (QED) is 0.914. The maximum absolute atomic E-state index is 12.6. The van der Waals surface area contributed by atoms with Gasteiger partial charge in [0.25, 0.3) is 0 Å². The van der Waals surface area contributed by atoms with Crippen LogP contribution in [0.5, 0.6) is 0 Å². The Balaban J connectivity index is 1.94. The van der Waals surface area contributed by atoms with E-state index in [9.17, 15) is 4.79 Å². The molecule has 2 aromatic rings. The minimum atomic E-state index is -0.113. The van der Waals surface area contributed by atoms with Gasteiger partial charge in [0.05, 0.1) is 12.1 Å². The van der Waals surface area contributed by atoms with Crippen molar-refractivity contribution in [2.75, 3.05) is 0 Å². The van der Waals surface area contributed by atoms with Crippen molar-refractivity contribution >= 4 is 5.78 Å². The van der Waals surface area contributed by atoms with Gasteiger partial charge in [-0.2, -0.15) is 0 Å². The molecule has 0 unspecified atom stereocenters. The molecule has 1 fully saturated rings. The van der Waals surface area contributed by atoms with Crippen LogP contribution < -0.4 is 5.32 Å². The van der Waals surface area contributed by atoms with Crippen molar-refractivity contribution in [1.29, 1.82) is 0 Å². The van der Waals surface area contributed by atoms with Gasteiger partial charge in [-0.1, -0.05) is 13.8 Å². The fourth-order valence-electron chi connectivity index (χ4n) is 3.12. The second-order valence-corrected chi connectivity index (χ2v) is 6.00. The van der Waals surface area contributed by atoms with Gasteiger partial charge in [-0.25, -0.2) is 0 Å². The number of hydrogen-bond acceptors (Lipinski definition) is 4. The third kappa shape index (κ3) is 2.44. The van der Waals surface area contributed by atoms with E-state index in [1.165, 1.54) is 0 Å². The third-order valence-electron chi connectivity index (χ3n) is 4.39. The molecule has 2 aromatic heterocycles. The highest BCUT2D eigenvalue weighted by Gasteiger charge is 2.42. The molecule has 4 nitrogen and oxygen atoms in total. The number of piperidine rings is 1. The lowest BCUT2D eigenvalue weighted by Gasteiger charge is -2.37. The Morgan fingerprint density at radius 1 is 0.857 bits per heavy atom. The molecule has 1 aliphatic heterocycles. The van der Waals surface area contributed by atoms with Crippen LogP contribution in [0.3, 0.4) is 0 Å². The Morgan fingerprint density at radius 2 is 1.29 bits per heavy atom. The van der Waals surface area contributed by atoms with Crippen molar-refractivity contribution < 1.29 is 13.6 Å². The molecule has 1 N–H and O–H groups in total. The van der Waals surface area contributed by atoms with Crippen molar-refractivity contribution in [3.63, 3.8) is 0 Å². The van der Waals surface area contributed by atoms with Gasteiger partial charge in [0, 0.05) is 11.8 Å². The van der Waals surface area contributed by atoms with E-state index in [0.29, 0.717) is 0 Å². The molecule has 0 saturated carbocycles. The fourth-order valence-corrected chi connectivity index (χ4v) is 3.12. The number of hydrogen-bond donors (Lipinski definition) is 1. The summed E-state index contributed by atoms with van der Waals surface area (Å²) in [6.45, 7) is 7.74. The van der Waals surface area contributed by atoms with E-state index in [1.807, 2.05) is 52.0 Å². The highest BCUT2D eigenvalue weighted by atomic mass is 16.3. The summed E-state index contributed by atoms with van der Waals surface area (Å²) in [5.41, 5.74) is 0. The molecule has 21 heavy (non-hydrogen) atoms. The Hall–Kier alpha value is -1.81. The van der Waals surface area contributed by atoms with Crippen LogP contribution in [-0.4, -0.2) is 5.78 Å². The number of ketones is 1. The molecule has 0 radical (unpaired) electrons. The molecule has 1 saturated heterocycles. The minimum Gasteiger partial charge on any atom is -0.465 e. The summed E-state index contributed by atoms with van der Waals surface area (Å²) in [6.07, 6.45) is 0. The van der Waals surface area contributed by atoms with Crippen LogP contribution in [0, 0.1) is 25.7 Å². The highest BCUT2D eigenvalue weighted by molar-refractivity contribution is 5.85. The van der Waals surface area contributed by atoms with Crippen molar-refractivity contribution in [1.82, 2.24) is 5.32 Å². The van der Waals surface area contributed by atoms with Crippen LogP contribution in [-0.2, 0) is 4.79 Å². The first-order chi connectivity index (χ1) is 9.97. The van der Waals surface area contributed by atoms with Crippen molar-refractivity contribution in [3.05, 3.63) is 47.3 Å². The maximum Gasteiger partial charge on any atom is 0.142 e. The summed E-state index contributed by atoms with van der Waals surface area (Å²) in [5, 5.41) is 3.53. The van der Waals surface area contributed by atoms with Gasteiger partial charge in [-0.05, 0) is 38.1 Å². The number of carbonyl (C=O) groups is 1. The zero-order valence-electron chi connectivity index (χ0n) is 12.8. The summed E-state index contributed by atoms with van der Waals surface area (Å²) in [6, 6.07) is 7.51. The van der Waals surface area contributed by atoms with E-state index >= 15 is 0 Å². The predicted octanol–water partition coefficient (Wildman–Crippen LogP) is 3.72. The molecule has 0 amide bonds. The number of rotatable bonds is 2. The Kier molecular flexibility index (Phi) is 3.49. The van der Waals surface area contributed by atoms with E-state index in [2.05, 4.69) is 5.32 Å². The molecule has 1 aliphatic rings. The standard InChI is InChI=1S/C17H21NO3/c1-9-5-7-13(20-9)15-11(3)17(19)12(4)16(18-15)14-8-6-10(2)21-14/h5-8,11-12,15-16,18H,1-4H3/t11-,12+,15+,16-. The van der Waals surface area contributed by atoms with E-state index < -0.39 is 0 Å². The first-order valence-corrected chi connectivity index (χ1v) is 7.40. The molecule has 0 spiro atoms. The van der Waals surface area contributed by atoms with Crippen molar-refractivity contribution in [2.45, 2.75) is 39.8 Å². The minimum absolute atomic E-state index is 0.113.